The molecular weight excluding hydrogens is 586 g/mol. The quantitative estimate of drug-likeness (QED) is 0.162. The Morgan fingerprint density at radius 1 is 0.571 bits per heavy atom. The molecule has 0 saturated carbocycles. The van der Waals surface area contributed by atoms with Gasteiger partial charge < -0.3 is 9.29 Å². The molecule has 0 amide bonds. The van der Waals surface area contributed by atoms with E-state index >= 15 is 0 Å². The topological polar surface area (TPSA) is 66.4 Å². The average molecular weight is 586 g/mol. The summed E-state index contributed by atoms with van der Waals surface area (Å²) in [6, 6.07) is 0. The normalized spacial score (nSPS) is 14.6. The van der Waals surface area contributed by atoms with Gasteiger partial charge in [-0.1, -0.05) is 0 Å². The maximum absolute atomic E-state index is 13.6. The number of halogens is 17. The molecule has 1 aromatic carbocycles. The second kappa shape index (κ2) is 9.24. The van der Waals surface area contributed by atoms with Crippen LogP contribution >= 0.6 is 0 Å². The van der Waals surface area contributed by atoms with Gasteiger partial charge in [0.15, 0.2) is 17.4 Å². The van der Waals surface area contributed by atoms with Crippen LogP contribution in [0.2, 0.25) is 0 Å². The molecule has 0 bridgehead atoms. The Kier molecular flexibility index (Phi) is 8.91. The molecule has 0 atom stereocenters. The number of alkyl halides is 13. The van der Waals surface area contributed by atoms with Gasteiger partial charge in [-0.05, 0) is 0 Å². The van der Waals surface area contributed by atoms with Crippen LogP contribution in [-0.4, -0.2) is 48.9 Å². The van der Waals surface area contributed by atoms with Gasteiger partial charge in [0.25, 0.3) is 0 Å². The third-order valence-electron chi connectivity index (χ3n) is 3.57. The van der Waals surface area contributed by atoms with Crippen molar-refractivity contribution in [3.8, 4) is 5.75 Å². The number of ether oxygens (including phenoxy) is 1. The minimum absolute atomic E-state index is 0. The first kappa shape index (κ1) is 33.7. The van der Waals surface area contributed by atoms with Crippen molar-refractivity contribution < 1.29 is 122 Å². The van der Waals surface area contributed by atoms with E-state index in [1.54, 1.807) is 0 Å². The summed E-state index contributed by atoms with van der Waals surface area (Å²) < 4.78 is 256. The standard InChI is InChI=1S/C12HF17O4S.Na/c13-1-2(14)4(16)6(34(30,31)32)5(3(1)15)33-12(28,29)10(23,24)8(19,20)7(17,18)9(21,22)11(25,26)27;/h(H,30,31,32);/q;+1/p-1. The molecule has 35 heavy (non-hydrogen) atoms. The predicted octanol–water partition coefficient (Wildman–Crippen LogP) is 2.23. The SMILES string of the molecule is O=S(=O)([O-])c1c(F)c(F)c(F)c(F)c1OC(F)(F)C(F)(F)C(F)(F)C(F)(F)C(F)(F)C(F)(F)F.[Na+]. The summed E-state index contributed by atoms with van der Waals surface area (Å²) in [5, 5.41) is 0. The van der Waals surface area contributed by atoms with Crippen molar-refractivity contribution in [1.82, 2.24) is 0 Å². The molecule has 1 rings (SSSR count). The minimum Gasteiger partial charge on any atom is -0.744 e. The van der Waals surface area contributed by atoms with E-state index < -0.39 is 80.0 Å². The van der Waals surface area contributed by atoms with Crippen LogP contribution in [0.4, 0.5) is 74.6 Å². The van der Waals surface area contributed by atoms with Crippen molar-refractivity contribution in [1.29, 1.82) is 0 Å². The van der Waals surface area contributed by atoms with Gasteiger partial charge in [-0.25, -0.2) is 21.6 Å². The molecule has 0 aliphatic carbocycles. The minimum atomic E-state index is -8.52. The van der Waals surface area contributed by atoms with Crippen LogP contribution in [0.3, 0.4) is 0 Å². The van der Waals surface area contributed by atoms with Gasteiger partial charge in [0.1, 0.15) is 15.0 Å². The fourth-order valence-corrected chi connectivity index (χ4v) is 2.52. The molecule has 0 aliphatic rings. The van der Waals surface area contributed by atoms with Gasteiger partial charge in [-0.15, -0.1) is 0 Å². The third-order valence-corrected chi connectivity index (χ3v) is 4.43. The van der Waals surface area contributed by atoms with E-state index in [4.69, 9.17) is 0 Å². The molecule has 198 valence electrons. The van der Waals surface area contributed by atoms with E-state index in [1.807, 2.05) is 0 Å². The Morgan fingerprint density at radius 2 is 0.914 bits per heavy atom. The molecule has 4 nitrogen and oxygen atoms in total. The summed E-state index contributed by atoms with van der Waals surface area (Å²) in [6.07, 6.45) is -15.5. The number of rotatable bonds is 7. The summed E-state index contributed by atoms with van der Waals surface area (Å²) in [7, 11) is -6.93. The second-order valence-electron chi connectivity index (χ2n) is 5.78. The zero-order valence-corrected chi connectivity index (χ0v) is 18.3. The monoisotopic (exact) mass is 586 g/mol. The van der Waals surface area contributed by atoms with Crippen LogP contribution in [0.15, 0.2) is 4.90 Å². The molecule has 23 heteroatoms. The Labute approximate surface area is 202 Å². The van der Waals surface area contributed by atoms with Gasteiger partial charge in [0, 0.05) is 0 Å². The molecule has 0 aromatic heterocycles. The maximum Gasteiger partial charge on any atom is 1.00 e. The van der Waals surface area contributed by atoms with Crippen molar-refractivity contribution in [2.24, 2.45) is 0 Å². The smallest absolute Gasteiger partial charge is 0.744 e. The van der Waals surface area contributed by atoms with Crippen LogP contribution in [0.1, 0.15) is 0 Å². The van der Waals surface area contributed by atoms with Gasteiger partial charge >= 0.3 is 65.5 Å². The largest absolute Gasteiger partial charge is 1.00 e. The van der Waals surface area contributed by atoms with Gasteiger partial charge in [0.2, 0.25) is 11.6 Å². The van der Waals surface area contributed by atoms with E-state index in [1.165, 1.54) is 0 Å². The molecule has 0 radical (unpaired) electrons. The van der Waals surface area contributed by atoms with E-state index in [9.17, 15) is 87.6 Å². The van der Waals surface area contributed by atoms with Crippen LogP contribution < -0.4 is 34.3 Å². The van der Waals surface area contributed by atoms with Crippen molar-refractivity contribution >= 4 is 10.1 Å². The predicted molar refractivity (Wildman–Crippen MR) is 65.7 cm³/mol. The zero-order chi connectivity index (χ0) is 27.7. The van der Waals surface area contributed by atoms with Crippen LogP contribution in [0.5, 0.6) is 5.75 Å². The summed E-state index contributed by atoms with van der Waals surface area (Å²) in [5.74, 6) is -51.1. The molecule has 1 aromatic rings. The van der Waals surface area contributed by atoms with E-state index in [2.05, 4.69) is 4.74 Å². The maximum atomic E-state index is 13.6. The van der Waals surface area contributed by atoms with Crippen molar-refractivity contribution in [2.45, 2.75) is 40.9 Å². The summed E-state index contributed by atoms with van der Waals surface area (Å²) in [5.41, 5.74) is 0. The van der Waals surface area contributed by atoms with Crippen molar-refractivity contribution in [2.75, 3.05) is 0 Å². The first-order valence-electron chi connectivity index (χ1n) is 7.08. The third kappa shape index (κ3) is 4.99. The molecule has 0 saturated heterocycles. The first-order chi connectivity index (χ1) is 14.6. The summed E-state index contributed by atoms with van der Waals surface area (Å²) in [4.78, 5) is -3.46. The molecular formula is C12F17NaO4S. The molecule has 0 N–H and O–H groups in total. The molecule has 0 spiro atoms. The van der Waals surface area contributed by atoms with Crippen LogP contribution in [0.25, 0.3) is 0 Å². The Bertz CT molecular complexity index is 1080. The van der Waals surface area contributed by atoms with E-state index in [0.29, 0.717) is 0 Å². The fraction of sp³-hybridized carbons (Fsp3) is 0.500. The fourth-order valence-electron chi connectivity index (χ4n) is 1.85. The van der Waals surface area contributed by atoms with Crippen LogP contribution in [-0.2, 0) is 10.1 Å². The van der Waals surface area contributed by atoms with Gasteiger partial charge in [0.05, 0.1) is 0 Å². The molecule has 0 aliphatic heterocycles. The zero-order valence-electron chi connectivity index (χ0n) is 15.5. The molecule has 0 unspecified atom stereocenters. The summed E-state index contributed by atoms with van der Waals surface area (Å²) in [6.45, 7) is 0. The first-order valence-corrected chi connectivity index (χ1v) is 8.48. The molecule has 0 heterocycles. The Morgan fingerprint density at radius 3 is 1.26 bits per heavy atom. The number of hydrogen-bond acceptors (Lipinski definition) is 4. The summed E-state index contributed by atoms with van der Waals surface area (Å²) >= 11 is 0. The van der Waals surface area contributed by atoms with Crippen molar-refractivity contribution in [3.05, 3.63) is 23.3 Å². The molecule has 0 fully saturated rings. The second-order valence-corrected chi connectivity index (χ2v) is 7.10. The van der Waals surface area contributed by atoms with Gasteiger partial charge in [-0.3, -0.25) is 0 Å². The van der Waals surface area contributed by atoms with Crippen molar-refractivity contribution in [3.63, 3.8) is 0 Å². The Hall–Kier alpha value is -1.26. The van der Waals surface area contributed by atoms with Gasteiger partial charge in [-0.2, -0.15) is 61.5 Å². The number of benzene rings is 1. The van der Waals surface area contributed by atoms with E-state index in [0.717, 1.165) is 0 Å². The van der Waals surface area contributed by atoms with Crippen LogP contribution in [0, 0.1) is 23.3 Å². The van der Waals surface area contributed by atoms with E-state index in [-0.39, 0.29) is 29.6 Å². The Balaban J connectivity index is 0.0000116. The number of hydrogen-bond donors (Lipinski definition) is 0. The average Bonchev–Trinajstić information content (AvgIpc) is 2.61.